The molecule has 0 fully saturated rings. The number of carbonyl (C=O) groups is 1. The molecule has 0 aliphatic heterocycles. The fourth-order valence-electron chi connectivity index (χ4n) is 3.21. The van der Waals surface area contributed by atoms with Crippen molar-refractivity contribution in [2.24, 2.45) is 5.73 Å². The zero-order valence-electron chi connectivity index (χ0n) is 16.7. The van der Waals surface area contributed by atoms with E-state index in [4.69, 9.17) is 26.5 Å². The van der Waals surface area contributed by atoms with Crippen LogP contribution < -0.4 is 15.8 Å². The summed E-state index contributed by atoms with van der Waals surface area (Å²) >= 11 is 6.22. The molecule has 3 N–H and O–H groups in total. The first-order valence-corrected chi connectivity index (χ1v) is 9.95. The average Bonchev–Trinajstić information content (AvgIpc) is 3.24. The SMILES string of the molecule is CC[C@@H](N[C@H](C)CC(N)=O)c1ccc(Cl)c(Oc2ccc(-c3cnco3)cc2)c1F. The number of halogens is 2. The molecule has 0 unspecified atom stereocenters. The van der Waals surface area contributed by atoms with E-state index in [1.165, 1.54) is 6.39 Å². The number of amides is 1. The van der Waals surface area contributed by atoms with Crippen LogP contribution >= 0.6 is 11.6 Å². The number of aromatic nitrogens is 1. The van der Waals surface area contributed by atoms with Gasteiger partial charge in [-0.15, -0.1) is 0 Å². The van der Waals surface area contributed by atoms with Crippen LogP contribution in [0.2, 0.25) is 5.02 Å². The van der Waals surface area contributed by atoms with Gasteiger partial charge in [-0.2, -0.15) is 0 Å². The monoisotopic (exact) mass is 431 g/mol. The molecule has 0 aliphatic carbocycles. The van der Waals surface area contributed by atoms with Crippen LogP contribution in [0, 0.1) is 5.82 Å². The minimum atomic E-state index is -0.549. The minimum Gasteiger partial charge on any atom is -0.453 e. The van der Waals surface area contributed by atoms with Crippen LogP contribution in [0.25, 0.3) is 11.3 Å². The van der Waals surface area contributed by atoms with Gasteiger partial charge in [0.05, 0.1) is 11.2 Å². The lowest BCUT2D eigenvalue weighted by Crippen LogP contribution is -2.34. The van der Waals surface area contributed by atoms with Gasteiger partial charge in [0.25, 0.3) is 0 Å². The molecule has 0 saturated carbocycles. The summed E-state index contributed by atoms with van der Waals surface area (Å²) in [4.78, 5) is 15.0. The molecule has 0 spiro atoms. The largest absolute Gasteiger partial charge is 0.453 e. The van der Waals surface area contributed by atoms with Crippen LogP contribution in [0.3, 0.4) is 0 Å². The van der Waals surface area contributed by atoms with Gasteiger partial charge in [-0.25, -0.2) is 9.37 Å². The first kappa shape index (κ1) is 21.8. The Morgan fingerprint density at radius 2 is 2.03 bits per heavy atom. The van der Waals surface area contributed by atoms with E-state index >= 15 is 4.39 Å². The summed E-state index contributed by atoms with van der Waals surface area (Å²) in [5.74, 6) is 0.0325. The Hall–Kier alpha value is -2.90. The molecular formula is C22H23ClFN3O3. The standard InChI is InChI=1S/C22H23ClFN3O3/c1-3-18(27-13(2)10-20(25)28)16-8-9-17(23)22(21(16)24)30-15-6-4-14(5-7-15)19-11-26-12-29-19/h4-9,11-13,18,27H,3,10H2,1-2H3,(H2,25,28)/t13-,18-/m1/s1. The van der Waals surface area contributed by atoms with Crippen molar-refractivity contribution in [3.8, 4) is 22.8 Å². The number of rotatable bonds is 9. The number of carbonyl (C=O) groups excluding carboxylic acids is 1. The lowest BCUT2D eigenvalue weighted by molar-refractivity contribution is -0.118. The Kier molecular flexibility index (Phi) is 7.07. The molecule has 0 bridgehead atoms. The van der Waals surface area contributed by atoms with E-state index in [9.17, 15) is 4.79 Å². The second-order valence-electron chi connectivity index (χ2n) is 6.97. The smallest absolute Gasteiger partial charge is 0.218 e. The van der Waals surface area contributed by atoms with Gasteiger partial charge in [-0.1, -0.05) is 24.6 Å². The van der Waals surface area contributed by atoms with Gasteiger partial charge in [0.2, 0.25) is 5.91 Å². The number of oxazole rings is 1. The van der Waals surface area contributed by atoms with E-state index in [1.807, 2.05) is 13.8 Å². The molecule has 3 aromatic rings. The molecule has 8 heteroatoms. The summed E-state index contributed by atoms with van der Waals surface area (Å²) in [7, 11) is 0. The third-order valence-corrected chi connectivity index (χ3v) is 4.94. The maximum absolute atomic E-state index is 15.3. The van der Waals surface area contributed by atoms with Crippen LogP contribution in [-0.4, -0.2) is 16.9 Å². The van der Waals surface area contributed by atoms with Gasteiger partial charge in [0.15, 0.2) is 23.7 Å². The van der Waals surface area contributed by atoms with E-state index < -0.39 is 11.7 Å². The Morgan fingerprint density at radius 1 is 1.30 bits per heavy atom. The molecule has 1 aromatic heterocycles. The first-order valence-electron chi connectivity index (χ1n) is 9.58. The van der Waals surface area contributed by atoms with Gasteiger partial charge in [-0.05, 0) is 43.7 Å². The second-order valence-corrected chi connectivity index (χ2v) is 7.38. The molecule has 2 atom stereocenters. The van der Waals surface area contributed by atoms with E-state index in [1.54, 1.807) is 42.6 Å². The first-order chi connectivity index (χ1) is 14.4. The molecule has 0 aliphatic rings. The highest BCUT2D eigenvalue weighted by Gasteiger charge is 2.22. The number of hydrogen-bond donors (Lipinski definition) is 2. The van der Waals surface area contributed by atoms with Crippen LogP contribution in [0.4, 0.5) is 4.39 Å². The van der Waals surface area contributed by atoms with E-state index in [0.29, 0.717) is 23.5 Å². The van der Waals surface area contributed by atoms with Gasteiger partial charge in [0.1, 0.15) is 5.75 Å². The minimum absolute atomic E-state index is 0.0515. The van der Waals surface area contributed by atoms with Crippen molar-refractivity contribution in [2.45, 2.75) is 38.8 Å². The number of nitrogens with one attached hydrogen (secondary N) is 1. The van der Waals surface area contributed by atoms with Crippen LogP contribution in [-0.2, 0) is 4.79 Å². The number of benzene rings is 2. The van der Waals surface area contributed by atoms with E-state index in [0.717, 1.165) is 5.56 Å². The molecule has 6 nitrogen and oxygen atoms in total. The average molecular weight is 432 g/mol. The third kappa shape index (κ3) is 5.17. The molecule has 0 saturated heterocycles. The summed E-state index contributed by atoms with van der Waals surface area (Å²) in [6, 6.07) is 9.66. The zero-order chi connectivity index (χ0) is 21.7. The van der Waals surface area contributed by atoms with Gasteiger partial charge in [-0.3, -0.25) is 4.79 Å². The Bertz CT molecular complexity index is 994. The van der Waals surface area contributed by atoms with E-state index in [2.05, 4.69) is 10.3 Å². The van der Waals surface area contributed by atoms with Gasteiger partial charge in [0, 0.05) is 29.6 Å². The van der Waals surface area contributed by atoms with Gasteiger partial charge >= 0.3 is 0 Å². The summed E-state index contributed by atoms with van der Waals surface area (Å²) in [5, 5.41) is 3.40. The molecule has 3 rings (SSSR count). The number of hydrogen-bond acceptors (Lipinski definition) is 5. The van der Waals surface area contributed by atoms with Crippen molar-refractivity contribution in [3.63, 3.8) is 0 Å². The maximum Gasteiger partial charge on any atom is 0.218 e. The van der Waals surface area contributed by atoms with E-state index in [-0.39, 0.29) is 29.3 Å². The van der Waals surface area contributed by atoms with Crippen LogP contribution in [0.15, 0.2) is 53.4 Å². The third-order valence-electron chi connectivity index (χ3n) is 4.65. The molecule has 2 aromatic carbocycles. The Morgan fingerprint density at radius 3 is 2.63 bits per heavy atom. The van der Waals surface area contributed by atoms with Crippen LogP contribution in [0.1, 0.15) is 38.3 Å². The molecule has 1 amide bonds. The Labute approximate surface area is 179 Å². The number of ether oxygens (including phenoxy) is 1. The molecular weight excluding hydrogens is 409 g/mol. The lowest BCUT2D eigenvalue weighted by atomic mass is 10.0. The highest BCUT2D eigenvalue weighted by Crippen LogP contribution is 2.37. The predicted octanol–water partition coefficient (Wildman–Crippen LogP) is 5.23. The fourth-order valence-corrected chi connectivity index (χ4v) is 3.39. The highest BCUT2D eigenvalue weighted by atomic mass is 35.5. The summed E-state index contributed by atoms with van der Waals surface area (Å²) < 4.78 is 26.3. The normalized spacial score (nSPS) is 13.1. The number of nitrogens with zero attached hydrogens (tertiary/aromatic N) is 1. The van der Waals surface area contributed by atoms with Crippen molar-refractivity contribution in [3.05, 3.63) is 65.4 Å². The van der Waals surface area contributed by atoms with Gasteiger partial charge < -0.3 is 20.2 Å². The van der Waals surface area contributed by atoms with Crippen molar-refractivity contribution in [1.82, 2.24) is 10.3 Å². The summed E-state index contributed by atoms with van der Waals surface area (Å²) in [6.45, 7) is 3.75. The number of primary amides is 1. The predicted molar refractivity (Wildman–Crippen MR) is 113 cm³/mol. The maximum atomic E-state index is 15.3. The van der Waals surface area contributed by atoms with Crippen molar-refractivity contribution in [1.29, 1.82) is 0 Å². The van der Waals surface area contributed by atoms with Crippen molar-refractivity contribution in [2.75, 3.05) is 0 Å². The fraction of sp³-hybridized carbons (Fsp3) is 0.273. The Balaban J connectivity index is 1.82. The molecule has 1 heterocycles. The number of nitrogens with two attached hydrogens (primary N) is 1. The molecule has 0 radical (unpaired) electrons. The molecule has 30 heavy (non-hydrogen) atoms. The van der Waals surface area contributed by atoms with Crippen molar-refractivity contribution < 1.29 is 18.3 Å². The summed E-state index contributed by atoms with van der Waals surface area (Å²) in [5.41, 5.74) is 6.48. The lowest BCUT2D eigenvalue weighted by Gasteiger charge is -2.23. The summed E-state index contributed by atoms with van der Waals surface area (Å²) in [6.07, 6.45) is 3.72. The highest BCUT2D eigenvalue weighted by molar-refractivity contribution is 6.32. The van der Waals surface area contributed by atoms with Crippen molar-refractivity contribution >= 4 is 17.5 Å². The quantitative estimate of drug-likeness (QED) is 0.484. The van der Waals surface area contributed by atoms with Crippen LogP contribution in [0.5, 0.6) is 11.5 Å². The zero-order valence-corrected chi connectivity index (χ0v) is 17.4. The topological polar surface area (TPSA) is 90.4 Å². The second kappa shape index (κ2) is 9.73. The molecule has 158 valence electrons.